The molecule has 0 fully saturated rings. The molecule has 0 saturated heterocycles. The molecule has 0 saturated carbocycles. The third-order valence-electron chi connectivity index (χ3n) is 2.75. The molecule has 1 nitrogen and oxygen atoms in total. The predicted octanol–water partition coefficient (Wildman–Crippen LogP) is 2.97. The van der Waals surface area contributed by atoms with Gasteiger partial charge >= 0.3 is 6.18 Å². The molecule has 0 heterocycles. The number of alkyl halides is 3. The van der Waals surface area contributed by atoms with Gasteiger partial charge in [-0.3, -0.25) is 0 Å². The molecular weight excluding hydrogens is 193 g/mol. The molecule has 0 aromatic rings. The third-order valence-corrected chi connectivity index (χ3v) is 2.75. The van der Waals surface area contributed by atoms with Crippen molar-refractivity contribution in [2.24, 2.45) is 17.3 Å². The molecule has 14 heavy (non-hydrogen) atoms. The molecule has 0 spiro atoms. The summed E-state index contributed by atoms with van der Waals surface area (Å²) in [7, 11) is 0. The molecule has 0 bridgehead atoms. The Bertz CT molecular complexity index is 253. The van der Waals surface area contributed by atoms with Gasteiger partial charge in [-0.25, -0.2) is 0 Å². The SMILES string of the molecule is CC1(C)C=CC(C=O)CC1C(F)(F)F. The molecule has 0 aliphatic heterocycles. The lowest BCUT2D eigenvalue weighted by Gasteiger charge is -2.37. The first-order chi connectivity index (χ1) is 6.27. The van der Waals surface area contributed by atoms with Crippen LogP contribution in [0.4, 0.5) is 13.2 Å². The lowest BCUT2D eigenvalue weighted by molar-refractivity contribution is -0.201. The van der Waals surface area contributed by atoms with Crippen molar-refractivity contribution in [2.45, 2.75) is 26.4 Å². The molecule has 0 amide bonds. The average molecular weight is 206 g/mol. The summed E-state index contributed by atoms with van der Waals surface area (Å²) >= 11 is 0. The van der Waals surface area contributed by atoms with E-state index < -0.39 is 23.4 Å². The summed E-state index contributed by atoms with van der Waals surface area (Å²) in [6, 6.07) is 0. The van der Waals surface area contributed by atoms with Crippen LogP contribution in [0.3, 0.4) is 0 Å². The molecule has 1 aliphatic carbocycles. The maximum atomic E-state index is 12.6. The molecule has 80 valence electrons. The summed E-state index contributed by atoms with van der Waals surface area (Å²) in [4.78, 5) is 10.4. The van der Waals surface area contributed by atoms with Gasteiger partial charge in [0.15, 0.2) is 0 Å². The van der Waals surface area contributed by atoms with Crippen LogP contribution in [0, 0.1) is 17.3 Å². The second-order valence-corrected chi connectivity index (χ2v) is 4.31. The lowest BCUT2D eigenvalue weighted by Crippen LogP contribution is -2.39. The van der Waals surface area contributed by atoms with Crippen LogP contribution in [0.15, 0.2) is 12.2 Å². The molecule has 2 unspecified atom stereocenters. The highest BCUT2D eigenvalue weighted by molar-refractivity contribution is 5.57. The fraction of sp³-hybridized carbons (Fsp3) is 0.700. The number of carbonyl (C=O) groups is 1. The summed E-state index contributed by atoms with van der Waals surface area (Å²) in [5, 5.41) is 0. The number of rotatable bonds is 1. The highest BCUT2D eigenvalue weighted by atomic mass is 19.4. The first kappa shape index (κ1) is 11.3. The maximum Gasteiger partial charge on any atom is 0.392 e. The van der Waals surface area contributed by atoms with E-state index in [4.69, 9.17) is 0 Å². The van der Waals surface area contributed by atoms with E-state index >= 15 is 0 Å². The van der Waals surface area contributed by atoms with Crippen molar-refractivity contribution in [1.82, 2.24) is 0 Å². The number of carbonyl (C=O) groups excluding carboxylic acids is 1. The lowest BCUT2D eigenvalue weighted by atomic mass is 9.70. The van der Waals surface area contributed by atoms with Crippen LogP contribution in [0.25, 0.3) is 0 Å². The summed E-state index contributed by atoms with van der Waals surface area (Å²) < 4.78 is 37.8. The molecular formula is C10H13F3O. The van der Waals surface area contributed by atoms with E-state index in [2.05, 4.69) is 0 Å². The highest BCUT2D eigenvalue weighted by Gasteiger charge is 2.49. The number of allylic oxidation sites excluding steroid dienone is 2. The van der Waals surface area contributed by atoms with Gasteiger partial charge in [-0.15, -0.1) is 0 Å². The Hall–Kier alpha value is -0.800. The van der Waals surface area contributed by atoms with Gasteiger partial charge in [0, 0.05) is 5.92 Å². The zero-order chi connectivity index (χ0) is 11.0. The second kappa shape index (κ2) is 3.41. The van der Waals surface area contributed by atoms with Crippen molar-refractivity contribution in [3.05, 3.63) is 12.2 Å². The van der Waals surface area contributed by atoms with E-state index in [1.165, 1.54) is 6.08 Å². The van der Waals surface area contributed by atoms with E-state index in [1.807, 2.05) is 0 Å². The summed E-state index contributed by atoms with van der Waals surface area (Å²) in [6.07, 6.45) is -0.723. The Morgan fingerprint density at radius 1 is 1.43 bits per heavy atom. The van der Waals surface area contributed by atoms with Crippen molar-refractivity contribution in [1.29, 1.82) is 0 Å². The van der Waals surface area contributed by atoms with E-state index in [9.17, 15) is 18.0 Å². The van der Waals surface area contributed by atoms with Gasteiger partial charge in [0.25, 0.3) is 0 Å². The minimum absolute atomic E-state index is 0.128. The van der Waals surface area contributed by atoms with Gasteiger partial charge in [0.1, 0.15) is 6.29 Å². The van der Waals surface area contributed by atoms with E-state index in [0.717, 1.165) is 0 Å². The van der Waals surface area contributed by atoms with E-state index in [1.54, 1.807) is 19.9 Å². The Balaban J connectivity index is 2.94. The Morgan fingerprint density at radius 2 is 2.00 bits per heavy atom. The number of halogens is 3. The first-order valence-corrected chi connectivity index (χ1v) is 4.49. The summed E-state index contributed by atoms with van der Waals surface area (Å²) in [5.41, 5.74) is -0.905. The Morgan fingerprint density at radius 3 is 2.43 bits per heavy atom. The van der Waals surface area contributed by atoms with Crippen molar-refractivity contribution < 1.29 is 18.0 Å². The largest absolute Gasteiger partial charge is 0.392 e. The molecule has 0 aromatic carbocycles. The van der Waals surface area contributed by atoms with Crippen molar-refractivity contribution in [3.63, 3.8) is 0 Å². The molecule has 1 aliphatic rings. The van der Waals surface area contributed by atoms with Gasteiger partial charge in [-0.1, -0.05) is 26.0 Å². The molecule has 0 aromatic heterocycles. The standard InChI is InChI=1S/C10H13F3O/c1-9(2)4-3-7(6-14)5-8(9)10(11,12)13/h3-4,6-8H,5H2,1-2H3. The number of aldehydes is 1. The number of hydrogen-bond donors (Lipinski definition) is 0. The van der Waals surface area contributed by atoms with Crippen LogP contribution < -0.4 is 0 Å². The quantitative estimate of drug-likeness (QED) is 0.476. The van der Waals surface area contributed by atoms with Crippen LogP contribution in [0.1, 0.15) is 20.3 Å². The van der Waals surface area contributed by atoms with Crippen LogP contribution >= 0.6 is 0 Å². The average Bonchev–Trinajstić information content (AvgIpc) is 2.01. The van der Waals surface area contributed by atoms with Crippen molar-refractivity contribution >= 4 is 6.29 Å². The molecule has 0 radical (unpaired) electrons. The Labute approximate surface area is 81.0 Å². The van der Waals surface area contributed by atoms with Gasteiger partial charge in [0.2, 0.25) is 0 Å². The third kappa shape index (κ3) is 2.16. The maximum absolute atomic E-state index is 12.6. The van der Waals surface area contributed by atoms with Crippen molar-refractivity contribution in [2.75, 3.05) is 0 Å². The second-order valence-electron chi connectivity index (χ2n) is 4.31. The molecule has 4 heteroatoms. The van der Waals surface area contributed by atoms with Gasteiger partial charge in [-0.05, 0) is 11.8 Å². The fourth-order valence-corrected chi connectivity index (χ4v) is 1.80. The first-order valence-electron chi connectivity index (χ1n) is 4.49. The van der Waals surface area contributed by atoms with E-state index in [-0.39, 0.29) is 6.42 Å². The monoisotopic (exact) mass is 206 g/mol. The Kier molecular flexibility index (Phi) is 2.74. The summed E-state index contributed by atoms with van der Waals surface area (Å²) in [5.74, 6) is -2.01. The minimum Gasteiger partial charge on any atom is -0.303 e. The van der Waals surface area contributed by atoms with Gasteiger partial charge in [0.05, 0.1) is 5.92 Å². The topological polar surface area (TPSA) is 17.1 Å². The highest BCUT2D eigenvalue weighted by Crippen LogP contribution is 2.46. The van der Waals surface area contributed by atoms with Crippen LogP contribution in [-0.4, -0.2) is 12.5 Å². The molecule has 0 N–H and O–H groups in total. The zero-order valence-electron chi connectivity index (χ0n) is 8.14. The van der Waals surface area contributed by atoms with Crippen LogP contribution in [0.2, 0.25) is 0 Å². The zero-order valence-corrected chi connectivity index (χ0v) is 8.14. The normalized spacial score (nSPS) is 31.5. The fourth-order valence-electron chi connectivity index (χ4n) is 1.80. The van der Waals surface area contributed by atoms with E-state index in [0.29, 0.717) is 6.29 Å². The molecule has 2 atom stereocenters. The smallest absolute Gasteiger partial charge is 0.303 e. The molecule has 1 rings (SSSR count). The predicted molar refractivity (Wildman–Crippen MR) is 46.6 cm³/mol. The van der Waals surface area contributed by atoms with Crippen LogP contribution in [-0.2, 0) is 4.79 Å². The van der Waals surface area contributed by atoms with Gasteiger partial charge < -0.3 is 4.79 Å². The van der Waals surface area contributed by atoms with Gasteiger partial charge in [-0.2, -0.15) is 13.2 Å². The minimum atomic E-state index is -4.23. The van der Waals surface area contributed by atoms with Crippen molar-refractivity contribution in [3.8, 4) is 0 Å². The summed E-state index contributed by atoms with van der Waals surface area (Å²) in [6.45, 7) is 3.09. The van der Waals surface area contributed by atoms with Crippen LogP contribution in [0.5, 0.6) is 0 Å². The number of hydrogen-bond acceptors (Lipinski definition) is 1.